The molecule has 0 amide bonds. The number of methoxy groups -OCH3 is 1. The highest BCUT2D eigenvalue weighted by Gasteiger charge is 2.26. The monoisotopic (exact) mass is 304 g/mol. The number of piperazine rings is 1. The minimum atomic E-state index is 0.705. The standard InChI is InChI=1S/C17H28N4O/c1-19-7-5-14(6-8-19)20-9-11-21(12-10-20)15-3-4-16(18)17(13-15)22-2/h3-4,13-14H,5-12,18H2,1-2H3. The van der Waals surface area contributed by atoms with E-state index in [1.54, 1.807) is 7.11 Å². The van der Waals surface area contributed by atoms with Gasteiger partial charge in [-0.3, -0.25) is 4.90 Å². The van der Waals surface area contributed by atoms with Crippen molar-refractivity contribution in [1.29, 1.82) is 0 Å². The van der Waals surface area contributed by atoms with Crippen LogP contribution in [0.2, 0.25) is 0 Å². The molecule has 0 spiro atoms. The van der Waals surface area contributed by atoms with Crippen molar-refractivity contribution in [2.24, 2.45) is 0 Å². The molecule has 22 heavy (non-hydrogen) atoms. The molecule has 2 heterocycles. The lowest BCUT2D eigenvalue weighted by Crippen LogP contribution is -2.53. The molecule has 1 aromatic carbocycles. The van der Waals surface area contributed by atoms with Gasteiger partial charge in [0, 0.05) is 44.0 Å². The van der Waals surface area contributed by atoms with E-state index in [2.05, 4.69) is 33.9 Å². The number of anilines is 2. The van der Waals surface area contributed by atoms with Gasteiger partial charge in [0.25, 0.3) is 0 Å². The van der Waals surface area contributed by atoms with E-state index in [0.717, 1.165) is 38.0 Å². The minimum Gasteiger partial charge on any atom is -0.495 e. The molecule has 2 fully saturated rings. The van der Waals surface area contributed by atoms with Crippen molar-refractivity contribution in [1.82, 2.24) is 9.80 Å². The quantitative estimate of drug-likeness (QED) is 0.857. The average Bonchev–Trinajstić information content (AvgIpc) is 2.56. The van der Waals surface area contributed by atoms with E-state index in [0.29, 0.717) is 5.69 Å². The number of hydrogen-bond donors (Lipinski definition) is 1. The van der Waals surface area contributed by atoms with E-state index in [9.17, 15) is 0 Å². The zero-order valence-electron chi connectivity index (χ0n) is 13.8. The number of ether oxygens (including phenoxy) is 1. The first kappa shape index (κ1) is 15.4. The van der Waals surface area contributed by atoms with Gasteiger partial charge in [-0.15, -0.1) is 0 Å². The summed E-state index contributed by atoms with van der Waals surface area (Å²) in [5.41, 5.74) is 7.83. The van der Waals surface area contributed by atoms with Gasteiger partial charge in [0.15, 0.2) is 0 Å². The number of likely N-dealkylation sites (tertiary alicyclic amines) is 1. The Morgan fingerprint density at radius 2 is 1.73 bits per heavy atom. The SMILES string of the molecule is COc1cc(N2CCN(C3CCN(C)CC3)CC2)ccc1N. The van der Waals surface area contributed by atoms with Gasteiger partial charge in [0.1, 0.15) is 5.75 Å². The fourth-order valence-electron chi connectivity index (χ4n) is 3.60. The normalized spacial score (nSPS) is 22.0. The molecule has 5 nitrogen and oxygen atoms in total. The fourth-order valence-corrected chi connectivity index (χ4v) is 3.60. The van der Waals surface area contributed by atoms with Crippen LogP contribution in [0.4, 0.5) is 11.4 Å². The summed E-state index contributed by atoms with van der Waals surface area (Å²) in [6.07, 6.45) is 2.62. The van der Waals surface area contributed by atoms with Crippen molar-refractivity contribution < 1.29 is 4.74 Å². The van der Waals surface area contributed by atoms with Crippen LogP contribution in [-0.2, 0) is 0 Å². The third-order valence-corrected chi connectivity index (χ3v) is 5.10. The summed E-state index contributed by atoms with van der Waals surface area (Å²) in [6, 6.07) is 6.88. The molecule has 0 unspecified atom stereocenters. The third kappa shape index (κ3) is 3.31. The summed E-state index contributed by atoms with van der Waals surface area (Å²) < 4.78 is 5.34. The van der Waals surface area contributed by atoms with E-state index in [1.165, 1.54) is 31.6 Å². The second-order valence-corrected chi connectivity index (χ2v) is 6.48. The molecule has 0 saturated carbocycles. The van der Waals surface area contributed by atoms with Crippen LogP contribution >= 0.6 is 0 Å². The van der Waals surface area contributed by atoms with Crippen LogP contribution in [-0.4, -0.2) is 69.3 Å². The molecule has 1 aromatic rings. The van der Waals surface area contributed by atoms with Crippen LogP contribution in [0.15, 0.2) is 18.2 Å². The highest BCUT2D eigenvalue weighted by Crippen LogP contribution is 2.28. The van der Waals surface area contributed by atoms with Crippen LogP contribution in [0, 0.1) is 0 Å². The molecular weight excluding hydrogens is 276 g/mol. The molecule has 2 aliphatic heterocycles. The van der Waals surface area contributed by atoms with Crippen LogP contribution in [0.3, 0.4) is 0 Å². The van der Waals surface area contributed by atoms with Crippen molar-refractivity contribution in [3.63, 3.8) is 0 Å². The summed E-state index contributed by atoms with van der Waals surface area (Å²) in [5.74, 6) is 0.773. The molecule has 0 aromatic heterocycles. The summed E-state index contributed by atoms with van der Waals surface area (Å²) in [6.45, 7) is 6.95. The number of hydrogen-bond acceptors (Lipinski definition) is 5. The van der Waals surface area contributed by atoms with Crippen molar-refractivity contribution in [3.8, 4) is 5.75 Å². The van der Waals surface area contributed by atoms with Gasteiger partial charge in [-0.25, -0.2) is 0 Å². The first-order valence-electron chi connectivity index (χ1n) is 8.28. The Balaban J connectivity index is 1.57. The molecule has 2 aliphatic rings. The Labute approximate surface area is 133 Å². The van der Waals surface area contributed by atoms with Crippen LogP contribution in [0.1, 0.15) is 12.8 Å². The lowest BCUT2D eigenvalue weighted by atomic mass is 10.0. The second kappa shape index (κ2) is 6.75. The minimum absolute atomic E-state index is 0.705. The first-order valence-corrected chi connectivity index (χ1v) is 8.28. The topological polar surface area (TPSA) is 45.0 Å². The average molecular weight is 304 g/mol. The van der Waals surface area contributed by atoms with Gasteiger partial charge in [-0.2, -0.15) is 0 Å². The Bertz CT molecular complexity index is 491. The maximum absolute atomic E-state index is 5.90. The first-order chi connectivity index (χ1) is 10.7. The van der Waals surface area contributed by atoms with Crippen molar-refractivity contribution in [3.05, 3.63) is 18.2 Å². The summed E-state index contributed by atoms with van der Waals surface area (Å²) in [7, 11) is 3.90. The highest BCUT2D eigenvalue weighted by atomic mass is 16.5. The van der Waals surface area contributed by atoms with E-state index in [4.69, 9.17) is 10.5 Å². The van der Waals surface area contributed by atoms with Gasteiger partial charge in [0.05, 0.1) is 12.8 Å². The Morgan fingerprint density at radius 1 is 1.05 bits per heavy atom. The van der Waals surface area contributed by atoms with Crippen molar-refractivity contribution >= 4 is 11.4 Å². The number of nitrogen functional groups attached to an aromatic ring is 1. The van der Waals surface area contributed by atoms with Gasteiger partial charge in [-0.05, 0) is 45.1 Å². The van der Waals surface area contributed by atoms with E-state index < -0.39 is 0 Å². The molecule has 0 radical (unpaired) electrons. The number of nitrogens with zero attached hydrogens (tertiary/aromatic N) is 3. The Morgan fingerprint density at radius 3 is 2.36 bits per heavy atom. The van der Waals surface area contributed by atoms with Gasteiger partial charge in [-0.1, -0.05) is 0 Å². The lowest BCUT2D eigenvalue weighted by Gasteiger charge is -2.42. The summed E-state index contributed by atoms with van der Waals surface area (Å²) in [4.78, 5) is 7.55. The number of piperidine rings is 1. The largest absolute Gasteiger partial charge is 0.495 e. The summed E-state index contributed by atoms with van der Waals surface area (Å²) in [5, 5.41) is 0. The molecule has 122 valence electrons. The van der Waals surface area contributed by atoms with E-state index in [-0.39, 0.29) is 0 Å². The molecule has 0 bridgehead atoms. The maximum Gasteiger partial charge on any atom is 0.143 e. The van der Waals surface area contributed by atoms with Gasteiger partial charge >= 0.3 is 0 Å². The summed E-state index contributed by atoms with van der Waals surface area (Å²) >= 11 is 0. The van der Waals surface area contributed by atoms with Gasteiger partial charge < -0.3 is 20.3 Å². The Kier molecular flexibility index (Phi) is 4.74. The van der Waals surface area contributed by atoms with Crippen LogP contribution in [0.5, 0.6) is 5.75 Å². The van der Waals surface area contributed by atoms with Crippen molar-refractivity contribution in [2.45, 2.75) is 18.9 Å². The molecule has 2 saturated heterocycles. The molecule has 3 rings (SSSR count). The van der Waals surface area contributed by atoms with Crippen molar-refractivity contribution in [2.75, 3.05) is 64.1 Å². The van der Waals surface area contributed by atoms with Crippen LogP contribution < -0.4 is 15.4 Å². The molecular formula is C17H28N4O. The zero-order chi connectivity index (χ0) is 15.5. The Hall–Kier alpha value is -1.46. The van der Waals surface area contributed by atoms with Crippen LogP contribution in [0.25, 0.3) is 0 Å². The molecule has 2 N–H and O–H groups in total. The number of nitrogens with two attached hydrogens (primary N) is 1. The third-order valence-electron chi connectivity index (χ3n) is 5.10. The predicted molar refractivity (Wildman–Crippen MR) is 91.7 cm³/mol. The molecule has 0 aliphatic carbocycles. The number of rotatable bonds is 3. The zero-order valence-corrected chi connectivity index (χ0v) is 13.8. The fraction of sp³-hybridized carbons (Fsp3) is 0.647. The van der Waals surface area contributed by atoms with E-state index >= 15 is 0 Å². The maximum atomic E-state index is 5.90. The van der Waals surface area contributed by atoms with E-state index in [1.807, 2.05) is 6.07 Å². The van der Waals surface area contributed by atoms with Gasteiger partial charge in [0.2, 0.25) is 0 Å². The molecule has 5 heteroatoms. The number of benzene rings is 1. The lowest BCUT2D eigenvalue weighted by molar-refractivity contribution is 0.115. The highest BCUT2D eigenvalue weighted by molar-refractivity contribution is 5.62. The second-order valence-electron chi connectivity index (χ2n) is 6.48. The smallest absolute Gasteiger partial charge is 0.143 e. The molecule has 0 atom stereocenters. The predicted octanol–water partition coefficient (Wildman–Crippen LogP) is 1.49.